The molecule has 0 unspecified atom stereocenters. The van der Waals surface area contributed by atoms with E-state index < -0.39 is 0 Å². The highest BCUT2D eigenvalue weighted by molar-refractivity contribution is 5.68. The summed E-state index contributed by atoms with van der Waals surface area (Å²) in [4.78, 5) is 4.03. The van der Waals surface area contributed by atoms with Gasteiger partial charge in [-0.15, -0.1) is 0 Å². The van der Waals surface area contributed by atoms with Crippen LogP contribution in [0.5, 0.6) is 0 Å². The van der Waals surface area contributed by atoms with Crippen LogP contribution in [0.2, 0.25) is 0 Å². The van der Waals surface area contributed by atoms with Gasteiger partial charge in [0.2, 0.25) is 0 Å². The average molecular weight is 197 g/mol. The molecule has 0 bridgehead atoms. The first-order valence-electron chi connectivity index (χ1n) is 5.04. The first kappa shape index (κ1) is 8.62. The molecule has 74 valence electrons. The fourth-order valence-corrected chi connectivity index (χ4v) is 2.01. The van der Waals surface area contributed by atoms with Gasteiger partial charge in [-0.1, -0.05) is 18.2 Å². The molecule has 1 aromatic heterocycles. The number of nitrogens with zero attached hydrogens (tertiary/aromatic N) is 1. The SMILES string of the molecule is c1cc2c(c(-c3ccncc3)c1)COC2. The Morgan fingerprint density at radius 2 is 1.87 bits per heavy atom. The molecular weight excluding hydrogens is 186 g/mol. The minimum absolute atomic E-state index is 0.730. The van der Waals surface area contributed by atoms with Crippen LogP contribution in [0.25, 0.3) is 11.1 Å². The van der Waals surface area contributed by atoms with Gasteiger partial charge in [0.15, 0.2) is 0 Å². The molecule has 0 N–H and O–H groups in total. The molecule has 1 aromatic carbocycles. The Kier molecular flexibility index (Phi) is 2.00. The predicted octanol–water partition coefficient (Wildman–Crippen LogP) is 2.78. The van der Waals surface area contributed by atoms with Gasteiger partial charge in [-0.25, -0.2) is 0 Å². The van der Waals surface area contributed by atoms with E-state index in [2.05, 4.69) is 23.2 Å². The fraction of sp³-hybridized carbons (Fsp3) is 0.154. The number of pyridine rings is 1. The highest BCUT2D eigenvalue weighted by Gasteiger charge is 2.15. The highest BCUT2D eigenvalue weighted by atomic mass is 16.5. The molecule has 0 amide bonds. The second-order valence-corrected chi connectivity index (χ2v) is 3.67. The summed E-state index contributed by atoms with van der Waals surface area (Å²) in [6.07, 6.45) is 3.65. The van der Waals surface area contributed by atoms with Crippen molar-refractivity contribution >= 4 is 0 Å². The van der Waals surface area contributed by atoms with Crippen molar-refractivity contribution in [3.05, 3.63) is 53.9 Å². The van der Waals surface area contributed by atoms with Crippen LogP contribution in [0.1, 0.15) is 11.1 Å². The van der Waals surface area contributed by atoms with Crippen LogP contribution in [-0.2, 0) is 18.0 Å². The van der Waals surface area contributed by atoms with Crippen LogP contribution in [0.15, 0.2) is 42.7 Å². The van der Waals surface area contributed by atoms with Gasteiger partial charge in [0.25, 0.3) is 0 Å². The maximum absolute atomic E-state index is 5.46. The standard InChI is InChI=1S/C13H11NO/c1-2-11-8-15-9-13(11)12(3-1)10-4-6-14-7-5-10/h1-7H,8-9H2. The van der Waals surface area contributed by atoms with Gasteiger partial charge >= 0.3 is 0 Å². The third-order valence-corrected chi connectivity index (χ3v) is 2.77. The number of ether oxygens (including phenoxy) is 1. The van der Waals surface area contributed by atoms with Crippen molar-refractivity contribution in [2.75, 3.05) is 0 Å². The summed E-state index contributed by atoms with van der Waals surface area (Å²) in [5, 5.41) is 0. The minimum atomic E-state index is 0.730. The van der Waals surface area contributed by atoms with E-state index in [4.69, 9.17) is 4.74 Å². The molecule has 3 rings (SSSR count). The molecule has 2 nitrogen and oxygen atoms in total. The molecule has 2 heteroatoms. The van der Waals surface area contributed by atoms with Gasteiger partial charge in [-0.05, 0) is 34.4 Å². The number of benzene rings is 1. The lowest BCUT2D eigenvalue weighted by Crippen LogP contribution is -1.88. The molecule has 0 saturated heterocycles. The third-order valence-electron chi connectivity index (χ3n) is 2.77. The van der Waals surface area contributed by atoms with Crippen molar-refractivity contribution in [3.63, 3.8) is 0 Å². The highest BCUT2D eigenvalue weighted by Crippen LogP contribution is 2.30. The summed E-state index contributed by atoms with van der Waals surface area (Å²) in [5.41, 5.74) is 5.12. The Morgan fingerprint density at radius 3 is 2.73 bits per heavy atom. The van der Waals surface area contributed by atoms with Crippen LogP contribution < -0.4 is 0 Å². The van der Waals surface area contributed by atoms with E-state index in [1.54, 1.807) is 0 Å². The van der Waals surface area contributed by atoms with E-state index in [0.717, 1.165) is 13.2 Å². The Labute approximate surface area is 88.5 Å². The van der Waals surface area contributed by atoms with Gasteiger partial charge in [-0.2, -0.15) is 0 Å². The summed E-state index contributed by atoms with van der Waals surface area (Å²) >= 11 is 0. The van der Waals surface area contributed by atoms with Gasteiger partial charge in [0.05, 0.1) is 13.2 Å². The number of rotatable bonds is 1. The van der Waals surface area contributed by atoms with E-state index in [1.807, 2.05) is 24.5 Å². The van der Waals surface area contributed by atoms with Crippen LogP contribution in [0.3, 0.4) is 0 Å². The van der Waals surface area contributed by atoms with Gasteiger partial charge in [-0.3, -0.25) is 4.98 Å². The number of hydrogen-bond acceptors (Lipinski definition) is 2. The largest absolute Gasteiger partial charge is 0.372 e. The minimum Gasteiger partial charge on any atom is -0.372 e. The van der Waals surface area contributed by atoms with E-state index in [9.17, 15) is 0 Å². The third kappa shape index (κ3) is 1.43. The van der Waals surface area contributed by atoms with Crippen molar-refractivity contribution < 1.29 is 4.74 Å². The van der Waals surface area contributed by atoms with Crippen molar-refractivity contribution in [3.8, 4) is 11.1 Å². The first-order chi connectivity index (χ1) is 7.45. The van der Waals surface area contributed by atoms with Crippen molar-refractivity contribution in [1.82, 2.24) is 4.98 Å². The predicted molar refractivity (Wildman–Crippen MR) is 58.2 cm³/mol. The van der Waals surface area contributed by atoms with Crippen molar-refractivity contribution in [2.45, 2.75) is 13.2 Å². The van der Waals surface area contributed by atoms with Crippen LogP contribution in [0, 0.1) is 0 Å². The molecule has 15 heavy (non-hydrogen) atoms. The smallest absolute Gasteiger partial charge is 0.0731 e. The zero-order valence-corrected chi connectivity index (χ0v) is 8.31. The van der Waals surface area contributed by atoms with Crippen LogP contribution >= 0.6 is 0 Å². The molecule has 0 fully saturated rings. The Hall–Kier alpha value is -1.67. The molecule has 0 atom stereocenters. The Balaban J connectivity index is 2.17. The van der Waals surface area contributed by atoms with Crippen LogP contribution in [-0.4, -0.2) is 4.98 Å². The van der Waals surface area contributed by atoms with E-state index in [-0.39, 0.29) is 0 Å². The van der Waals surface area contributed by atoms with E-state index in [1.165, 1.54) is 22.3 Å². The number of hydrogen-bond donors (Lipinski definition) is 0. The maximum atomic E-state index is 5.46. The summed E-state index contributed by atoms with van der Waals surface area (Å²) in [6, 6.07) is 10.4. The summed E-state index contributed by atoms with van der Waals surface area (Å²) < 4.78 is 5.46. The second kappa shape index (κ2) is 3.48. The van der Waals surface area contributed by atoms with Crippen LogP contribution in [0.4, 0.5) is 0 Å². The zero-order chi connectivity index (χ0) is 10.1. The molecule has 2 aromatic rings. The van der Waals surface area contributed by atoms with E-state index in [0.29, 0.717) is 0 Å². The van der Waals surface area contributed by atoms with Gasteiger partial charge < -0.3 is 4.74 Å². The maximum Gasteiger partial charge on any atom is 0.0731 e. The average Bonchev–Trinajstić information content (AvgIpc) is 2.78. The summed E-state index contributed by atoms with van der Waals surface area (Å²) in [7, 11) is 0. The lowest BCUT2D eigenvalue weighted by molar-refractivity contribution is 0.134. The Bertz CT molecular complexity index is 479. The van der Waals surface area contributed by atoms with Crippen molar-refractivity contribution in [1.29, 1.82) is 0 Å². The van der Waals surface area contributed by atoms with Crippen molar-refractivity contribution in [2.24, 2.45) is 0 Å². The zero-order valence-electron chi connectivity index (χ0n) is 8.31. The molecule has 0 saturated carbocycles. The monoisotopic (exact) mass is 197 g/mol. The number of fused-ring (bicyclic) bond motifs is 1. The quantitative estimate of drug-likeness (QED) is 0.701. The Morgan fingerprint density at radius 1 is 1.00 bits per heavy atom. The number of aromatic nitrogens is 1. The molecule has 0 aliphatic carbocycles. The molecule has 1 aliphatic heterocycles. The van der Waals surface area contributed by atoms with Gasteiger partial charge in [0.1, 0.15) is 0 Å². The first-order valence-corrected chi connectivity index (χ1v) is 5.04. The normalized spacial score (nSPS) is 13.9. The van der Waals surface area contributed by atoms with E-state index >= 15 is 0 Å². The molecule has 2 heterocycles. The fourth-order valence-electron chi connectivity index (χ4n) is 2.01. The molecular formula is C13H11NO. The second-order valence-electron chi connectivity index (χ2n) is 3.67. The lowest BCUT2D eigenvalue weighted by Gasteiger charge is -2.06. The topological polar surface area (TPSA) is 22.1 Å². The summed E-state index contributed by atoms with van der Waals surface area (Å²) in [6.45, 7) is 1.47. The summed E-state index contributed by atoms with van der Waals surface area (Å²) in [5.74, 6) is 0. The molecule has 0 radical (unpaired) electrons. The molecule has 1 aliphatic rings. The lowest BCUT2D eigenvalue weighted by atomic mass is 9.98. The van der Waals surface area contributed by atoms with Gasteiger partial charge in [0, 0.05) is 12.4 Å². The molecule has 0 spiro atoms.